The molecule has 0 bridgehead atoms. The van der Waals surface area contributed by atoms with Crippen molar-refractivity contribution in [2.24, 2.45) is 0 Å². The normalized spacial score (nSPS) is 11.3. The molecule has 7 nitrogen and oxygen atoms in total. The maximum Gasteiger partial charge on any atom is 0.323 e. The summed E-state index contributed by atoms with van der Waals surface area (Å²) in [5.74, 6) is 0. The first-order valence-corrected chi connectivity index (χ1v) is 12.1. The molecule has 0 aliphatic heterocycles. The second-order valence-corrected chi connectivity index (χ2v) is 10.2. The van der Waals surface area contributed by atoms with Crippen LogP contribution in [-0.2, 0) is 10.0 Å². The Morgan fingerprint density at radius 3 is 2.09 bits per heavy atom. The van der Waals surface area contributed by atoms with Gasteiger partial charge in [-0.2, -0.15) is 0 Å². The van der Waals surface area contributed by atoms with E-state index in [1.807, 2.05) is 45.0 Å². The zero-order valence-corrected chi connectivity index (χ0v) is 19.4. The molecule has 0 saturated carbocycles. The van der Waals surface area contributed by atoms with Gasteiger partial charge in [-0.15, -0.1) is 0 Å². The number of carbonyl (C=O) groups excluding carboxylic acids is 1. The highest BCUT2D eigenvalue weighted by atomic mass is 32.2. The number of nitrogens with zero attached hydrogens (tertiary/aromatic N) is 1. The molecule has 2 amide bonds. The predicted octanol–water partition coefficient (Wildman–Crippen LogP) is 5.67. The van der Waals surface area contributed by atoms with Gasteiger partial charge in [0.05, 0.1) is 15.1 Å². The van der Waals surface area contributed by atoms with Gasteiger partial charge in [0, 0.05) is 11.4 Å². The Labute approximate surface area is 190 Å². The number of sulfonamides is 1. The van der Waals surface area contributed by atoms with E-state index in [0.29, 0.717) is 16.9 Å². The second-order valence-electron chi connectivity index (χ2n) is 7.52. The van der Waals surface area contributed by atoms with Crippen molar-refractivity contribution >= 4 is 54.1 Å². The van der Waals surface area contributed by atoms with Crippen LogP contribution < -0.4 is 15.4 Å². The quantitative estimate of drug-likeness (QED) is 0.353. The average molecular weight is 467 g/mol. The van der Waals surface area contributed by atoms with Gasteiger partial charge >= 0.3 is 6.03 Å². The number of hydrogen-bond acceptors (Lipinski definition) is 5. The minimum Gasteiger partial charge on any atom is -0.308 e. The molecule has 3 N–H and O–H groups in total. The van der Waals surface area contributed by atoms with Crippen LogP contribution in [0, 0.1) is 20.8 Å². The van der Waals surface area contributed by atoms with Gasteiger partial charge in [0.2, 0.25) is 0 Å². The van der Waals surface area contributed by atoms with E-state index in [-0.39, 0.29) is 16.1 Å². The minimum absolute atomic E-state index is 0.175. The second kappa shape index (κ2) is 8.60. The molecule has 0 aliphatic carbocycles. The van der Waals surface area contributed by atoms with E-state index < -0.39 is 10.0 Å². The molecule has 0 radical (unpaired) electrons. The van der Waals surface area contributed by atoms with Crippen molar-refractivity contribution in [3.63, 3.8) is 0 Å². The highest BCUT2D eigenvalue weighted by Gasteiger charge is 2.17. The number of nitrogens with one attached hydrogen (secondary N) is 3. The molecule has 4 aromatic rings. The number of aryl methyl sites for hydroxylation is 3. The average Bonchev–Trinajstić information content (AvgIpc) is 3.12. The summed E-state index contributed by atoms with van der Waals surface area (Å²) < 4.78 is 28.7. The molecule has 0 saturated heterocycles. The number of fused-ring (bicyclic) bond motifs is 1. The van der Waals surface area contributed by atoms with Crippen LogP contribution in [0.25, 0.3) is 10.2 Å². The predicted molar refractivity (Wildman–Crippen MR) is 130 cm³/mol. The summed E-state index contributed by atoms with van der Waals surface area (Å²) in [5.41, 5.74) is 4.88. The smallest absolute Gasteiger partial charge is 0.308 e. The highest BCUT2D eigenvalue weighted by Crippen LogP contribution is 2.32. The lowest BCUT2D eigenvalue weighted by atomic mass is 10.2. The Kier molecular flexibility index (Phi) is 5.86. The fourth-order valence-corrected chi connectivity index (χ4v) is 5.35. The molecule has 3 aromatic carbocycles. The van der Waals surface area contributed by atoms with Crippen molar-refractivity contribution in [3.05, 3.63) is 77.4 Å². The maximum absolute atomic E-state index is 12.7. The molecule has 0 aliphatic rings. The van der Waals surface area contributed by atoms with Crippen LogP contribution in [0.1, 0.15) is 16.7 Å². The number of aromatic nitrogens is 1. The third-order valence-corrected chi connectivity index (χ3v) is 7.21. The summed E-state index contributed by atoms with van der Waals surface area (Å²) in [6, 6.07) is 17.3. The SMILES string of the molecule is Cc1ccc(NC(=O)Nc2cc(C)c3nc(NS(=O)(=O)c4ccc(C)cc4)sc3c2)cc1. The van der Waals surface area contributed by atoms with Crippen molar-refractivity contribution in [2.75, 3.05) is 15.4 Å². The molecule has 1 aromatic heterocycles. The standard InChI is InChI=1S/C23H22N4O3S2/c1-14-4-8-17(9-5-14)24-22(28)25-18-12-16(3)21-20(13-18)31-23(26-21)27-32(29,30)19-10-6-15(2)7-11-19/h4-13H,1-3H3,(H,26,27)(H2,24,25,28). The zero-order chi connectivity index (χ0) is 22.9. The van der Waals surface area contributed by atoms with Crippen LogP contribution in [-0.4, -0.2) is 19.4 Å². The number of rotatable bonds is 5. The van der Waals surface area contributed by atoms with Crippen LogP contribution in [0.5, 0.6) is 0 Å². The van der Waals surface area contributed by atoms with E-state index in [1.54, 1.807) is 36.4 Å². The van der Waals surface area contributed by atoms with E-state index in [2.05, 4.69) is 20.3 Å². The number of urea groups is 1. The van der Waals surface area contributed by atoms with Crippen molar-refractivity contribution in [3.8, 4) is 0 Å². The largest absolute Gasteiger partial charge is 0.323 e. The Morgan fingerprint density at radius 2 is 1.44 bits per heavy atom. The molecular formula is C23H22N4O3S2. The molecule has 0 fully saturated rings. The first-order chi connectivity index (χ1) is 15.2. The van der Waals surface area contributed by atoms with E-state index >= 15 is 0 Å². The lowest BCUT2D eigenvalue weighted by Crippen LogP contribution is -2.19. The Balaban J connectivity index is 1.53. The van der Waals surface area contributed by atoms with Crippen molar-refractivity contribution < 1.29 is 13.2 Å². The molecule has 4 rings (SSSR count). The fraction of sp³-hybridized carbons (Fsp3) is 0.130. The Bertz CT molecular complexity index is 1390. The molecule has 9 heteroatoms. The van der Waals surface area contributed by atoms with Gasteiger partial charge in [-0.05, 0) is 62.7 Å². The number of carbonyl (C=O) groups is 1. The molecular weight excluding hydrogens is 444 g/mol. The minimum atomic E-state index is -3.74. The number of anilines is 3. The van der Waals surface area contributed by atoms with Gasteiger partial charge in [0.1, 0.15) is 0 Å². The number of thiazole rings is 1. The molecule has 32 heavy (non-hydrogen) atoms. The summed E-state index contributed by atoms with van der Waals surface area (Å²) in [6.45, 7) is 5.74. The zero-order valence-electron chi connectivity index (χ0n) is 17.8. The van der Waals surface area contributed by atoms with E-state index in [4.69, 9.17) is 0 Å². The monoisotopic (exact) mass is 466 g/mol. The molecule has 164 valence electrons. The fourth-order valence-electron chi connectivity index (χ4n) is 3.13. The Morgan fingerprint density at radius 1 is 0.844 bits per heavy atom. The lowest BCUT2D eigenvalue weighted by molar-refractivity contribution is 0.262. The molecule has 0 atom stereocenters. The van der Waals surface area contributed by atoms with Gasteiger partial charge in [-0.3, -0.25) is 4.72 Å². The summed E-state index contributed by atoms with van der Waals surface area (Å²) in [7, 11) is -3.74. The maximum atomic E-state index is 12.7. The first-order valence-electron chi connectivity index (χ1n) is 9.85. The molecule has 0 spiro atoms. The van der Waals surface area contributed by atoms with Crippen LogP contribution in [0.2, 0.25) is 0 Å². The third-order valence-electron chi connectivity index (χ3n) is 4.81. The van der Waals surface area contributed by atoms with Crippen LogP contribution >= 0.6 is 11.3 Å². The highest BCUT2D eigenvalue weighted by molar-refractivity contribution is 7.93. The number of hydrogen-bond donors (Lipinski definition) is 3. The van der Waals surface area contributed by atoms with Crippen molar-refractivity contribution in [2.45, 2.75) is 25.7 Å². The number of benzene rings is 3. The molecule has 1 heterocycles. The van der Waals surface area contributed by atoms with Gasteiger partial charge in [-0.1, -0.05) is 46.7 Å². The van der Waals surface area contributed by atoms with Crippen molar-refractivity contribution in [1.82, 2.24) is 4.98 Å². The van der Waals surface area contributed by atoms with E-state index in [0.717, 1.165) is 21.4 Å². The van der Waals surface area contributed by atoms with Crippen molar-refractivity contribution in [1.29, 1.82) is 0 Å². The number of amides is 2. The summed E-state index contributed by atoms with van der Waals surface area (Å²) in [5, 5.41) is 5.87. The van der Waals surface area contributed by atoms with Gasteiger partial charge in [0.15, 0.2) is 5.13 Å². The Hall–Kier alpha value is -3.43. The van der Waals surface area contributed by atoms with Gasteiger partial charge < -0.3 is 10.6 Å². The van der Waals surface area contributed by atoms with E-state index in [1.165, 1.54) is 11.3 Å². The first kappa shape index (κ1) is 21.8. The summed E-state index contributed by atoms with van der Waals surface area (Å²) in [4.78, 5) is 17.0. The molecule has 0 unspecified atom stereocenters. The third kappa shape index (κ3) is 4.90. The van der Waals surface area contributed by atoms with Crippen LogP contribution in [0.4, 0.5) is 21.3 Å². The lowest BCUT2D eigenvalue weighted by Gasteiger charge is -2.09. The van der Waals surface area contributed by atoms with Crippen LogP contribution in [0.3, 0.4) is 0 Å². The van der Waals surface area contributed by atoms with Gasteiger partial charge in [-0.25, -0.2) is 18.2 Å². The van der Waals surface area contributed by atoms with Gasteiger partial charge in [0.25, 0.3) is 10.0 Å². The van der Waals surface area contributed by atoms with E-state index in [9.17, 15) is 13.2 Å². The summed E-state index contributed by atoms with van der Waals surface area (Å²) >= 11 is 1.21. The topological polar surface area (TPSA) is 100 Å². The van der Waals surface area contributed by atoms with Crippen LogP contribution in [0.15, 0.2) is 65.6 Å². The summed E-state index contributed by atoms with van der Waals surface area (Å²) in [6.07, 6.45) is 0.